The summed E-state index contributed by atoms with van der Waals surface area (Å²) in [5.41, 5.74) is 6.23. The number of morpholine rings is 1. The van der Waals surface area contributed by atoms with Gasteiger partial charge >= 0.3 is 0 Å². The molecule has 3 rings (SSSR count). The monoisotopic (exact) mass is 345 g/mol. The van der Waals surface area contributed by atoms with Gasteiger partial charge in [-0.1, -0.05) is 12.1 Å². The Morgan fingerprint density at radius 2 is 2.00 bits per heavy atom. The summed E-state index contributed by atoms with van der Waals surface area (Å²) in [6, 6.07) is 9.89. The van der Waals surface area contributed by atoms with Gasteiger partial charge in [0.1, 0.15) is 17.6 Å². The number of amides is 1. The Balaban J connectivity index is 1.79. The summed E-state index contributed by atoms with van der Waals surface area (Å²) < 4.78 is 18.7. The summed E-state index contributed by atoms with van der Waals surface area (Å²) in [6.45, 7) is 0.974. The Morgan fingerprint density at radius 3 is 2.68 bits per heavy atom. The molecule has 25 heavy (non-hydrogen) atoms. The first-order chi connectivity index (χ1) is 12.0. The summed E-state index contributed by atoms with van der Waals surface area (Å²) >= 11 is 0. The van der Waals surface area contributed by atoms with Crippen LogP contribution in [0, 0.1) is 15.9 Å². The largest absolute Gasteiger partial charge is 0.393 e. The van der Waals surface area contributed by atoms with Crippen LogP contribution in [0.3, 0.4) is 0 Å². The third kappa shape index (κ3) is 3.58. The van der Waals surface area contributed by atoms with E-state index >= 15 is 0 Å². The standard InChI is InChI=1S/C17H16FN3O4/c18-13-4-1-11(2-5-13)16-10-20(7-8-25-16)17(22)12-3-6-14(19)15(9-12)21(23)24/h1-6,9,16H,7-8,10,19H2. The fourth-order valence-corrected chi connectivity index (χ4v) is 2.73. The molecule has 1 fully saturated rings. The van der Waals surface area contributed by atoms with Crippen LogP contribution in [0.25, 0.3) is 0 Å². The van der Waals surface area contributed by atoms with Crippen molar-refractivity contribution in [3.63, 3.8) is 0 Å². The molecule has 2 aromatic rings. The molecule has 1 unspecified atom stereocenters. The molecular formula is C17H16FN3O4. The van der Waals surface area contributed by atoms with Crippen molar-refractivity contribution < 1.29 is 18.8 Å². The van der Waals surface area contributed by atoms with Crippen LogP contribution in [0.4, 0.5) is 15.8 Å². The number of carbonyl (C=O) groups is 1. The van der Waals surface area contributed by atoms with Crippen LogP contribution in [-0.2, 0) is 4.74 Å². The number of benzene rings is 2. The van der Waals surface area contributed by atoms with E-state index in [1.165, 1.54) is 30.3 Å². The Bertz CT molecular complexity index is 810. The smallest absolute Gasteiger partial charge is 0.292 e. The van der Waals surface area contributed by atoms with Crippen LogP contribution in [-0.4, -0.2) is 35.4 Å². The van der Waals surface area contributed by atoms with Gasteiger partial charge in [-0.3, -0.25) is 14.9 Å². The van der Waals surface area contributed by atoms with Gasteiger partial charge in [0.15, 0.2) is 0 Å². The first-order valence-electron chi connectivity index (χ1n) is 7.66. The number of anilines is 1. The number of ether oxygens (including phenoxy) is 1. The maximum atomic E-state index is 13.0. The molecule has 0 spiro atoms. The van der Waals surface area contributed by atoms with Crippen LogP contribution in [0.1, 0.15) is 22.0 Å². The second-order valence-corrected chi connectivity index (χ2v) is 5.69. The van der Waals surface area contributed by atoms with Crippen molar-refractivity contribution in [2.75, 3.05) is 25.4 Å². The molecule has 1 atom stereocenters. The van der Waals surface area contributed by atoms with Gasteiger partial charge in [-0.15, -0.1) is 0 Å². The van der Waals surface area contributed by atoms with Crippen molar-refractivity contribution in [2.24, 2.45) is 0 Å². The van der Waals surface area contributed by atoms with E-state index in [1.807, 2.05) is 0 Å². The minimum absolute atomic E-state index is 0.00714. The minimum Gasteiger partial charge on any atom is -0.393 e. The third-order valence-electron chi connectivity index (χ3n) is 4.07. The summed E-state index contributed by atoms with van der Waals surface area (Å²) in [6.07, 6.45) is -0.373. The Morgan fingerprint density at radius 1 is 1.28 bits per heavy atom. The fourth-order valence-electron chi connectivity index (χ4n) is 2.73. The van der Waals surface area contributed by atoms with E-state index in [1.54, 1.807) is 17.0 Å². The summed E-state index contributed by atoms with van der Waals surface area (Å²) in [4.78, 5) is 24.6. The fraction of sp³-hybridized carbons (Fsp3) is 0.235. The quantitative estimate of drug-likeness (QED) is 0.523. The normalized spacial score (nSPS) is 17.3. The predicted molar refractivity (Wildman–Crippen MR) is 88.5 cm³/mol. The summed E-state index contributed by atoms with van der Waals surface area (Å²) in [5.74, 6) is -0.680. The number of carbonyl (C=O) groups excluding carboxylic acids is 1. The number of halogens is 1. The Labute approximate surface area is 143 Å². The van der Waals surface area contributed by atoms with Gasteiger partial charge in [0.2, 0.25) is 0 Å². The van der Waals surface area contributed by atoms with Gasteiger partial charge in [-0.05, 0) is 29.8 Å². The highest BCUT2D eigenvalue weighted by Gasteiger charge is 2.27. The van der Waals surface area contributed by atoms with Crippen LogP contribution in [0.15, 0.2) is 42.5 Å². The van der Waals surface area contributed by atoms with Crippen molar-refractivity contribution >= 4 is 17.3 Å². The number of nitro groups is 1. The lowest BCUT2D eigenvalue weighted by Gasteiger charge is -2.33. The van der Waals surface area contributed by atoms with Crippen LogP contribution >= 0.6 is 0 Å². The number of nitrogens with two attached hydrogens (primary N) is 1. The van der Waals surface area contributed by atoms with Gasteiger partial charge in [-0.25, -0.2) is 4.39 Å². The van der Waals surface area contributed by atoms with E-state index in [0.29, 0.717) is 13.2 Å². The molecule has 1 heterocycles. The molecule has 2 N–H and O–H groups in total. The Hall–Kier alpha value is -3.00. The lowest BCUT2D eigenvalue weighted by Crippen LogP contribution is -2.42. The number of hydrogen-bond acceptors (Lipinski definition) is 5. The first-order valence-corrected chi connectivity index (χ1v) is 7.66. The molecule has 1 aliphatic heterocycles. The van der Waals surface area contributed by atoms with E-state index < -0.39 is 4.92 Å². The molecule has 130 valence electrons. The van der Waals surface area contributed by atoms with E-state index in [2.05, 4.69) is 0 Å². The highest BCUT2D eigenvalue weighted by molar-refractivity contribution is 5.95. The zero-order valence-electron chi connectivity index (χ0n) is 13.2. The summed E-state index contributed by atoms with van der Waals surface area (Å²) in [7, 11) is 0. The number of nitro benzene ring substituents is 1. The van der Waals surface area contributed by atoms with E-state index in [0.717, 1.165) is 5.56 Å². The van der Waals surface area contributed by atoms with Gasteiger partial charge < -0.3 is 15.4 Å². The van der Waals surface area contributed by atoms with Crippen molar-refractivity contribution in [2.45, 2.75) is 6.10 Å². The highest BCUT2D eigenvalue weighted by atomic mass is 19.1. The third-order valence-corrected chi connectivity index (χ3v) is 4.07. The molecule has 1 saturated heterocycles. The van der Waals surface area contributed by atoms with Gasteiger partial charge in [0, 0.05) is 18.2 Å². The number of rotatable bonds is 3. The molecule has 1 amide bonds. The van der Waals surface area contributed by atoms with Crippen molar-refractivity contribution in [3.8, 4) is 0 Å². The summed E-state index contributed by atoms with van der Waals surface area (Å²) in [5, 5.41) is 11.0. The van der Waals surface area contributed by atoms with Crippen molar-refractivity contribution in [3.05, 3.63) is 69.5 Å². The minimum atomic E-state index is -0.618. The maximum Gasteiger partial charge on any atom is 0.292 e. The van der Waals surface area contributed by atoms with E-state index in [9.17, 15) is 19.3 Å². The predicted octanol–water partition coefficient (Wildman–Crippen LogP) is 2.53. The van der Waals surface area contributed by atoms with Crippen LogP contribution in [0.2, 0.25) is 0 Å². The van der Waals surface area contributed by atoms with E-state index in [-0.39, 0.29) is 41.3 Å². The maximum absolute atomic E-state index is 13.0. The zero-order valence-corrected chi connectivity index (χ0v) is 13.2. The van der Waals surface area contributed by atoms with Crippen molar-refractivity contribution in [1.82, 2.24) is 4.90 Å². The Kier molecular flexibility index (Phi) is 4.62. The molecule has 8 heteroatoms. The zero-order chi connectivity index (χ0) is 18.0. The van der Waals surface area contributed by atoms with Gasteiger partial charge in [-0.2, -0.15) is 0 Å². The molecule has 0 saturated carbocycles. The molecule has 2 aromatic carbocycles. The van der Waals surface area contributed by atoms with Gasteiger partial charge in [0.05, 0.1) is 18.1 Å². The molecule has 1 aliphatic rings. The average molecular weight is 345 g/mol. The van der Waals surface area contributed by atoms with Crippen LogP contribution < -0.4 is 5.73 Å². The van der Waals surface area contributed by atoms with E-state index in [4.69, 9.17) is 10.5 Å². The average Bonchev–Trinajstić information content (AvgIpc) is 2.62. The lowest BCUT2D eigenvalue weighted by molar-refractivity contribution is -0.383. The second-order valence-electron chi connectivity index (χ2n) is 5.69. The van der Waals surface area contributed by atoms with Gasteiger partial charge in [0.25, 0.3) is 11.6 Å². The molecule has 0 aromatic heterocycles. The van der Waals surface area contributed by atoms with Crippen LogP contribution in [0.5, 0.6) is 0 Å². The topological polar surface area (TPSA) is 98.7 Å². The SMILES string of the molecule is Nc1ccc(C(=O)N2CCOC(c3ccc(F)cc3)C2)cc1[N+](=O)[O-]. The second kappa shape index (κ2) is 6.86. The first kappa shape index (κ1) is 16.8. The van der Waals surface area contributed by atoms with Crippen molar-refractivity contribution in [1.29, 1.82) is 0 Å². The number of nitrogen functional groups attached to an aromatic ring is 1. The molecule has 0 bridgehead atoms. The molecular weight excluding hydrogens is 329 g/mol. The molecule has 0 radical (unpaired) electrons. The number of hydrogen-bond donors (Lipinski definition) is 1. The lowest BCUT2D eigenvalue weighted by atomic mass is 10.1. The molecule has 7 nitrogen and oxygen atoms in total. The number of nitrogens with zero attached hydrogens (tertiary/aromatic N) is 2. The molecule has 0 aliphatic carbocycles. The highest BCUT2D eigenvalue weighted by Crippen LogP contribution is 2.26.